The van der Waals surface area contributed by atoms with Crippen LogP contribution in [-0.4, -0.2) is 14.0 Å². The van der Waals surface area contributed by atoms with Gasteiger partial charge in [-0.2, -0.15) is 4.37 Å². The van der Waals surface area contributed by atoms with Gasteiger partial charge in [-0.3, -0.25) is 0 Å². The molecule has 0 amide bonds. The molecule has 0 aliphatic heterocycles. The molecule has 0 saturated heterocycles. The molecule has 5 heteroatoms. The lowest BCUT2D eigenvalue weighted by Crippen LogP contribution is -1.90. The van der Waals surface area contributed by atoms with Crippen molar-refractivity contribution in [1.29, 1.82) is 0 Å². The van der Waals surface area contributed by atoms with E-state index in [2.05, 4.69) is 19.3 Å². The summed E-state index contributed by atoms with van der Waals surface area (Å²) < 4.78 is 7.90. The van der Waals surface area contributed by atoms with Crippen LogP contribution >= 0.6 is 11.7 Å². The van der Waals surface area contributed by atoms with Crippen LogP contribution in [0.4, 0.5) is 11.4 Å². The monoisotopic (exact) mass is 254 g/mol. The van der Waals surface area contributed by atoms with Gasteiger partial charge in [0.1, 0.15) is 0 Å². The predicted molar refractivity (Wildman–Crippen MR) is 72.9 cm³/mol. The third-order valence-electron chi connectivity index (χ3n) is 2.48. The fourth-order valence-electron chi connectivity index (χ4n) is 1.67. The Bertz CT molecular complexity index is 623. The summed E-state index contributed by atoms with van der Waals surface area (Å²) in [4.78, 5) is 0. The van der Waals surface area contributed by atoms with Gasteiger partial charge in [-0.15, -0.1) is 5.10 Å². The number of hydrogen-bond donors (Lipinski definition) is 1. The number of benzene rings is 2. The number of para-hydroxylation sites is 1. The molecule has 0 spiro atoms. The Morgan fingerprint density at radius 2 is 1.72 bits per heavy atom. The van der Waals surface area contributed by atoms with Gasteiger partial charge < -0.3 is 5.32 Å². The normalized spacial score (nSPS) is 10.2. The molecule has 1 N–H and O–H groups in total. The summed E-state index contributed by atoms with van der Waals surface area (Å²) in [7, 11) is 0. The molecule has 0 aliphatic carbocycles. The van der Waals surface area contributed by atoms with Gasteiger partial charge in [0, 0.05) is 16.9 Å². The van der Waals surface area contributed by atoms with Crippen LogP contribution in [0.1, 0.15) is 0 Å². The maximum atomic E-state index is 4.13. The van der Waals surface area contributed by atoms with Crippen molar-refractivity contribution in [2.75, 3.05) is 5.32 Å². The molecule has 3 rings (SSSR count). The molecule has 18 heavy (non-hydrogen) atoms. The Balaban J connectivity index is 1.88. The third kappa shape index (κ3) is 2.36. The molecule has 0 unspecified atom stereocenters. The molecule has 3 aromatic rings. The average Bonchev–Trinajstić information content (AvgIpc) is 2.94. The minimum Gasteiger partial charge on any atom is -0.356 e. The largest absolute Gasteiger partial charge is 0.356 e. The lowest BCUT2D eigenvalue weighted by Gasteiger charge is -2.06. The summed E-state index contributed by atoms with van der Waals surface area (Å²) in [5.74, 6) is 0.664. The standard InChI is InChI=1S/C13H10N4S/c1-2-6-11(7-3-1)14-12-8-4-5-10(9-12)13-15-17-18-16-13/h1-9,14H. The first-order chi connectivity index (χ1) is 8.92. The highest BCUT2D eigenvalue weighted by Gasteiger charge is 2.03. The zero-order chi connectivity index (χ0) is 12.2. The van der Waals surface area contributed by atoms with Crippen molar-refractivity contribution in [3.05, 3.63) is 54.6 Å². The zero-order valence-electron chi connectivity index (χ0n) is 9.45. The van der Waals surface area contributed by atoms with E-state index in [1.165, 1.54) is 0 Å². The van der Waals surface area contributed by atoms with Gasteiger partial charge in [-0.05, 0) is 24.3 Å². The first-order valence-electron chi connectivity index (χ1n) is 5.49. The van der Waals surface area contributed by atoms with Gasteiger partial charge in [-0.25, -0.2) is 0 Å². The number of rotatable bonds is 3. The molecule has 0 atom stereocenters. The van der Waals surface area contributed by atoms with Gasteiger partial charge in [0.2, 0.25) is 0 Å². The van der Waals surface area contributed by atoms with E-state index in [1.807, 2.05) is 54.6 Å². The summed E-state index contributed by atoms with van der Waals surface area (Å²) in [5.41, 5.74) is 3.03. The van der Waals surface area contributed by atoms with E-state index < -0.39 is 0 Å². The second-order valence-electron chi connectivity index (χ2n) is 3.75. The van der Waals surface area contributed by atoms with E-state index in [1.54, 1.807) is 0 Å². The van der Waals surface area contributed by atoms with Crippen molar-refractivity contribution in [3.8, 4) is 11.4 Å². The van der Waals surface area contributed by atoms with Gasteiger partial charge in [0.25, 0.3) is 0 Å². The number of nitrogens with one attached hydrogen (secondary N) is 1. The van der Waals surface area contributed by atoms with Gasteiger partial charge in [0.05, 0.1) is 11.7 Å². The summed E-state index contributed by atoms with van der Waals surface area (Å²) >= 11 is 1.11. The van der Waals surface area contributed by atoms with Gasteiger partial charge in [-0.1, -0.05) is 34.8 Å². The molecule has 1 heterocycles. The van der Waals surface area contributed by atoms with Gasteiger partial charge in [0.15, 0.2) is 5.82 Å². The molecule has 1 aromatic heterocycles. The third-order valence-corrected chi connectivity index (χ3v) is 2.89. The fourth-order valence-corrected chi connectivity index (χ4v) is 2.04. The molecule has 0 saturated carbocycles. The van der Waals surface area contributed by atoms with Crippen LogP contribution in [0.25, 0.3) is 11.4 Å². The van der Waals surface area contributed by atoms with E-state index in [4.69, 9.17) is 0 Å². The van der Waals surface area contributed by atoms with Crippen LogP contribution in [0.3, 0.4) is 0 Å². The number of hydrogen-bond acceptors (Lipinski definition) is 5. The van der Waals surface area contributed by atoms with Crippen LogP contribution in [0.15, 0.2) is 54.6 Å². The average molecular weight is 254 g/mol. The number of anilines is 2. The highest BCUT2D eigenvalue weighted by atomic mass is 32.1. The number of aromatic nitrogens is 3. The number of nitrogens with zero attached hydrogens (tertiary/aromatic N) is 3. The van der Waals surface area contributed by atoms with E-state index in [9.17, 15) is 0 Å². The summed E-state index contributed by atoms with van der Waals surface area (Å²) in [5, 5.41) is 7.30. The minimum atomic E-state index is 0.664. The SMILES string of the molecule is c1ccc(Nc2cccc(-c3nnsn3)c2)cc1. The minimum absolute atomic E-state index is 0.664. The van der Waals surface area contributed by atoms with Crippen molar-refractivity contribution in [2.24, 2.45) is 0 Å². The Hall–Kier alpha value is -2.27. The summed E-state index contributed by atoms with van der Waals surface area (Å²) in [6.45, 7) is 0. The maximum Gasteiger partial charge on any atom is 0.196 e. The smallest absolute Gasteiger partial charge is 0.196 e. The van der Waals surface area contributed by atoms with E-state index in [0.29, 0.717) is 5.82 Å². The van der Waals surface area contributed by atoms with Crippen molar-refractivity contribution in [2.45, 2.75) is 0 Å². The Morgan fingerprint density at radius 1 is 0.889 bits per heavy atom. The van der Waals surface area contributed by atoms with E-state index >= 15 is 0 Å². The van der Waals surface area contributed by atoms with Crippen LogP contribution in [0.5, 0.6) is 0 Å². The quantitative estimate of drug-likeness (QED) is 0.778. The molecule has 88 valence electrons. The predicted octanol–water partition coefficient (Wildman–Crippen LogP) is 3.34. The Kier molecular flexibility index (Phi) is 2.97. The van der Waals surface area contributed by atoms with Crippen LogP contribution in [-0.2, 0) is 0 Å². The fraction of sp³-hybridized carbons (Fsp3) is 0. The van der Waals surface area contributed by atoms with Crippen molar-refractivity contribution in [3.63, 3.8) is 0 Å². The lowest BCUT2D eigenvalue weighted by atomic mass is 10.2. The van der Waals surface area contributed by atoms with E-state index in [0.717, 1.165) is 28.7 Å². The topological polar surface area (TPSA) is 50.7 Å². The molecule has 0 fully saturated rings. The van der Waals surface area contributed by atoms with Crippen molar-refractivity contribution >= 4 is 23.1 Å². The first kappa shape index (κ1) is 10.9. The van der Waals surface area contributed by atoms with Crippen LogP contribution in [0, 0.1) is 0 Å². The Labute approximate surface area is 109 Å². The van der Waals surface area contributed by atoms with Crippen LogP contribution < -0.4 is 5.32 Å². The first-order valence-corrected chi connectivity index (χ1v) is 6.22. The Morgan fingerprint density at radius 3 is 2.50 bits per heavy atom. The van der Waals surface area contributed by atoms with Crippen LogP contribution in [0.2, 0.25) is 0 Å². The van der Waals surface area contributed by atoms with E-state index in [-0.39, 0.29) is 0 Å². The molecule has 0 bridgehead atoms. The second-order valence-corrected chi connectivity index (χ2v) is 4.26. The highest BCUT2D eigenvalue weighted by molar-refractivity contribution is 6.99. The lowest BCUT2D eigenvalue weighted by molar-refractivity contribution is 1.14. The zero-order valence-corrected chi connectivity index (χ0v) is 10.3. The molecule has 4 nitrogen and oxygen atoms in total. The molecular formula is C13H10N4S. The molecule has 0 radical (unpaired) electrons. The highest BCUT2D eigenvalue weighted by Crippen LogP contribution is 2.22. The second kappa shape index (κ2) is 4.93. The van der Waals surface area contributed by atoms with Crippen molar-refractivity contribution in [1.82, 2.24) is 14.0 Å². The maximum absolute atomic E-state index is 4.13. The summed E-state index contributed by atoms with van der Waals surface area (Å²) in [6, 6.07) is 18.0. The van der Waals surface area contributed by atoms with Crippen molar-refractivity contribution < 1.29 is 0 Å². The molecule has 0 aliphatic rings. The summed E-state index contributed by atoms with van der Waals surface area (Å²) in [6.07, 6.45) is 0. The molecular weight excluding hydrogens is 244 g/mol. The molecule has 2 aromatic carbocycles. The van der Waals surface area contributed by atoms with Gasteiger partial charge >= 0.3 is 0 Å².